The summed E-state index contributed by atoms with van der Waals surface area (Å²) >= 11 is 1.36. The minimum atomic E-state index is -0.324. The maximum atomic E-state index is 12.5. The molecule has 0 radical (unpaired) electrons. The zero-order valence-corrected chi connectivity index (χ0v) is 20.2. The number of nitrogens with zero attached hydrogens (tertiary/aromatic N) is 2. The highest BCUT2D eigenvalue weighted by Gasteiger charge is 2.25. The summed E-state index contributed by atoms with van der Waals surface area (Å²) in [4.78, 5) is 25.0. The van der Waals surface area contributed by atoms with Crippen molar-refractivity contribution in [2.75, 3.05) is 51.4 Å². The van der Waals surface area contributed by atoms with Crippen molar-refractivity contribution in [3.63, 3.8) is 0 Å². The minimum Gasteiger partial charge on any atom is -0.486 e. The summed E-state index contributed by atoms with van der Waals surface area (Å²) in [6.07, 6.45) is -0.170. The summed E-state index contributed by atoms with van der Waals surface area (Å²) in [5.74, 6) is 2.62. The van der Waals surface area contributed by atoms with Gasteiger partial charge in [0, 0.05) is 0 Å². The first-order valence-corrected chi connectivity index (χ1v) is 12.4. The number of aromatic nitrogens is 2. The van der Waals surface area contributed by atoms with Crippen LogP contribution in [0.4, 0.5) is 5.82 Å². The molecule has 0 spiro atoms. The Morgan fingerprint density at radius 3 is 2.82 bits per heavy atom. The Morgan fingerprint density at radius 2 is 2.03 bits per heavy atom. The maximum Gasteiger partial charge on any atom is 0.348 e. The van der Waals surface area contributed by atoms with Gasteiger partial charge in [-0.3, -0.25) is 0 Å². The molecule has 1 saturated heterocycles. The van der Waals surface area contributed by atoms with Gasteiger partial charge in [-0.05, 0) is 31.5 Å². The number of nitrogens with one attached hydrogen (secondary N) is 2. The van der Waals surface area contributed by atoms with E-state index in [9.17, 15) is 4.79 Å². The van der Waals surface area contributed by atoms with E-state index in [1.165, 1.54) is 16.2 Å². The van der Waals surface area contributed by atoms with Gasteiger partial charge in [-0.25, -0.2) is 14.8 Å². The average molecular weight is 486 g/mol. The van der Waals surface area contributed by atoms with Gasteiger partial charge >= 0.3 is 5.97 Å². The summed E-state index contributed by atoms with van der Waals surface area (Å²) in [5.41, 5.74) is 0.831. The van der Waals surface area contributed by atoms with Gasteiger partial charge in [0.1, 0.15) is 47.9 Å². The number of rotatable bonds is 7. The van der Waals surface area contributed by atoms with Gasteiger partial charge < -0.3 is 29.2 Å². The molecular weight excluding hydrogens is 456 g/mol. The fourth-order valence-corrected chi connectivity index (χ4v) is 5.31. The highest BCUT2D eigenvalue weighted by molar-refractivity contribution is 7.20. The molecule has 0 unspecified atom stereocenters. The van der Waals surface area contributed by atoms with E-state index < -0.39 is 0 Å². The molecule has 9 nitrogen and oxygen atoms in total. The van der Waals surface area contributed by atoms with Crippen molar-refractivity contribution >= 4 is 33.3 Å². The standard InChI is InChI=1S/C24H28N4O5S/c1-3-31-24(29)21-15(2)20-22(25-12-16-14-32-17-6-4-5-7-18(17)33-16)26-19(27-23(20)34-21)13-28-8-10-30-11-9-28/h4-7,16H,3,8-14H2,1-2H3,(H,25,26,27)/p+1/t16-/m1/s1. The van der Waals surface area contributed by atoms with E-state index in [0.717, 1.165) is 59.4 Å². The molecule has 180 valence electrons. The van der Waals surface area contributed by atoms with Crippen molar-refractivity contribution in [1.29, 1.82) is 0 Å². The summed E-state index contributed by atoms with van der Waals surface area (Å²) in [6.45, 7) is 9.05. The summed E-state index contributed by atoms with van der Waals surface area (Å²) in [6, 6.07) is 7.66. The number of ether oxygens (including phenoxy) is 4. The van der Waals surface area contributed by atoms with Crippen LogP contribution in [0.15, 0.2) is 24.3 Å². The predicted molar refractivity (Wildman–Crippen MR) is 128 cm³/mol. The number of hydrogen-bond acceptors (Lipinski definition) is 9. The van der Waals surface area contributed by atoms with E-state index >= 15 is 0 Å². The molecule has 2 aromatic heterocycles. The third-order valence-electron chi connectivity index (χ3n) is 5.97. The van der Waals surface area contributed by atoms with Gasteiger partial charge in [-0.1, -0.05) is 12.1 Å². The molecule has 0 aliphatic carbocycles. The van der Waals surface area contributed by atoms with Crippen molar-refractivity contribution in [2.45, 2.75) is 26.5 Å². The number of quaternary nitrogens is 1. The molecule has 5 rings (SSSR count). The summed E-state index contributed by atoms with van der Waals surface area (Å²) < 4.78 is 22.7. The fourth-order valence-electron chi connectivity index (χ4n) is 4.22. The number of para-hydroxylation sites is 2. The Balaban J connectivity index is 1.42. The molecule has 1 atom stereocenters. The van der Waals surface area contributed by atoms with Crippen molar-refractivity contribution in [3.8, 4) is 11.5 Å². The number of aryl methyl sites for hydroxylation is 1. The first-order valence-electron chi connectivity index (χ1n) is 11.6. The van der Waals surface area contributed by atoms with Crippen LogP contribution in [-0.4, -0.2) is 68.1 Å². The summed E-state index contributed by atoms with van der Waals surface area (Å²) in [5, 5.41) is 4.31. The molecule has 0 amide bonds. The number of fused-ring (bicyclic) bond motifs is 2. The van der Waals surface area contributed by atoms with Gasteiger partial charge in [0.2, 0.25) is 0 Å². The van der Waals surface area contributed by atoms with Crippen LogP contribution in [0, 0.1) is 6.92 Å². The Kier molecular flexibility index (Phi) is 6.80. The Morgan fingerprint density at radius 1 is 1.24 bits per heavy atom. The van der Waals surface area contributed by atoms with Crippen LogP contribution in [0.3, 0.4) is 0 Å². The number of anilines is 1. The lowest BCUT2D eigenvalue weighted by atomic mass is 10.2. The smallest absolute Gasteiger partial charge is 0.348 e. The van der Waals surface area contributed by atoms with Gasteiger partial charge in [0.05, 0.1) is 31.8 Å². The van der Waals surface area contributed by atoms with E-state index in [2.05, 4.69) is 5.32 Å². The van der Waals surface area contributed by atoms with Crippen LogP contribution in [0.25, 0.3) is 10.2 Å². The SMILES string of the molecule is CCOC(=O)c1sc2nc(C[NH+]3CCOCC3)nc(NC[C@@H]3COc4ccccc4O3)c2c1C. The zero-order valence-electron chi connectivity index (χ0n) is 19.4. The van der Waals surface area contributed by atoms with Gasteiger partial charge in [0.15, 0.2) is 17.3 Å². The highest BCUT2D eigenvalue weighted by Crippen LogP contribution is 2.35. The molecule has 2 aliphatic heterocycles. The van der Waals surface area contributed by atoms with Crippen LogP contribution in [0.5, 0.6) is 11.5 Å². The number of carbonyl (C=O) groups excluding carboxylic acids is 1. The lowest BCUT2D eigenvalue weighted by Gasteiger charge is -2.27. The normalized spacial score (nSPS) is 18.1. The van der Waals surface area contributed by atoms with E-state index in [-0.39, 0.29) is 12.1 Å². The molecule has 4 heterocycles. The minimum absolute atomic E-state index is 0.170. The third-order valence-corrected chi connectivity index (χ3v) is 7.14. The number of carbonyl (C=O) groups is 1. The van der Waals surface area contributed by atoms with E-state index in [4.69, 9.17) is 28.9 Å². The Labute approximate surface area is 202 Å². The van der Waals surface area contributed by atoms with Crippen LogP contribution >= 0.6 is 11.3 Å². The molecule has 3 aromatic rings. The van der Waals surface area contributed by atoms with Gasteiger partial charge in [0.25, 0.3) is 0 Å². The zero-order chi connectivity index (χ0) is 23.5. The van der Waals surface area contributed by atoms with Crippen LogP contribution in [-0.2, 0) is 16.0 Å². The monoisotopic (exact) mass is 485 g/mol. The maximum absolute atomic E-state index is 12.5. The quantitative estimate of drug-likeness (QED) is 0.490. The van der Waals surface area contributed by atoms with Crippen molar-refractivity contribution in [2.24, 2.45) is 0 Å². The topological polar surface area (TPSA) is 96.2 Å². The number of esters is 1. The van der Waals surface area contributed by atoms with Crippen LogP contribution in [0.2, 0.25) is 0 Å². The van der Waals surface area contributed by atoms with Crippen LogP contribution < -0.4 is 19.7 Å². The second-order valence-electron chi connectivity index (χ2n) is 8.36. The number of benzene rings is 1. The van der Waals surface area contributed by atoms with Gasteiger partial charge in [-0.15, -0.1) is 11.3 Å². The van der Waals surface area contributed by atoms with Crippen molar-refractivity contribution in [1.82, 2.24) is 9.97 Å². The van der Waals surface area contributed by atoms with E-state index in [0.29, 0.717) is 37.0 Å². The first kappa shape index (κ1) is 22.8. The molecule has 10 heteroatoms. The van der Waals surface area contributed by atoms with Crippen molar-refractivity contribution in [3.05, 3.63) is 40.5 Å². The van der Waals surface area contributed by atoms with E-state index in [1.54, 1.807) is 6.92 Å². The lowest BCUT2D eigenvalue weighted by molar-refractivity contribution is -0.922. The molecular formula is C24H29N4O5S+. The predicted octanol–water partition coefficient (Wildman–Crippen LogP) is 1.84. The molecule has 0 saturated carbocycles. The number of hydrogen-bond donors (Lipinski definition) is 2. The Hall–Kier alpha value is -2.95. The molecule has 2 aliphatic rings. The fraction of sp³-hybridized carbons (Fsp3) is 0.458. The van der Waals surface area contributed by atoms with E-state index in [1.807, 2.05) is 31.2 Å². The Bertz CT molecular complexity index is 1180. The highest BCUT2D eigenvalue weighted by atomic mass is 32.1. The first-order chi connectivity index (χ1) is 16.6. The third kappa shape index (κ3) is 4.79. The number of morpholine rings is 1. The summed E-state index contributed by atoms with van der Waals surface area (Å²) in [7, 11) is 0. The largest absolute Gasteiger partial charge is 0.486 e. The van der Waals surface area contributed by atoms with Gasteiger partial charge in [-0.2, -0.15) is 0 Å². The molecule has 1 fully saturated rings. The average Bonchev–Trinajstić information content (AvgIpc) is 3.19. The molecule has 2 N–H and O–H groups in total. The lowest BCUT2D eigenvalue weighted by Crippen LogP contribution is -3.12. The second kappa shape index (κ2) is 10.1. The molecule has 0 bridgehead atoms. The number of thiophene rings is 1. The second-order valence-corrected chi connectivity index (χ2v) is 9.36. The molecule has 1 aromatic carbocycles. The molecule has 34 heavy (non-hydrogen) atoms. The van der Waals surface area contributed by atoms with Crippen molar-refractivity contribution < 1.29 is 28.6 Å². The van der Waals surface area contributed by atoms with Crippen LogP contribution in [0.1, 0.15) is 28.0 Å².